The lowest BCUT2D eigenvalue weighted by atomic mass is 9.98. The Morgan fingerprint density at radius 3 is 2.15 bits per heavy atom. The van der Waals surface area contributed by atoms with Gasteiger partial charge in [-0.3, -0.25) is 9.59 Å². The molecule has 7 heteroatoms. The molecular formula is C13H14FNO5. The van der Waals surface area contributed by atoms with Gasteiger partial charge in [-0.2, -0.15) is 0 Å². The second-order valence-electron chi connectivity index (χ2n) is 3.73. The van der Waals surface area contributed by atoms with Gasteiger partial charge in [0.2, 0.25) is 0 Å². The summed E-state index contributed by atoms with van der Waals surface area (Å²) in [5.41, 5.74) is -0.355. The Morgan fingerprint density at radius 1 is 1.20 bits per heavy atom. The van der Waals surface area contributed by atoms with E-state index in [1.165, 1.54) is 6.07 Å². The summed E-state index contributed by atoms with van der Waals surface area (Å²) >= 11 is 0. The molecule has 108 valence electrons. The normalized spacial score (nSPS) is 10.2. The number of halogens is 1. The van der Waals surface area contributed by atoms with E-state index >= 15 is 0 Å². The van der Waals surface area contributed by atoms with Crippen LogP contribution in [0.15, 0.2) is 23.4 Å². The number of esters is 2. The van der Waals surface area contributed by atoms with Crippen molar-refractivity contribution in [1.82, 2.24) is 0 Å². The van der Waals surface area contributed by atoms with Gasteiger partial charge in [0.1, 0.15) is 11.5 Å². The predicted octanol–water partition coefficient (Wildman–Crippen LogP) is 2.43. The molecule has 0 aliphatic heterocycles. The molecule has 0 atom stereocenters. The van der Waals surface area contributed by atoms with Crippen molar-refractivity contribution >= 4 is 17.6 Å². The molecule has 0 fully saturated rings. The SMILES string of the molecule is CCOC(=O)C(C(=O)OCC)c1ccc(N=O)cc1F. The van der Waals surface area contributed by atoms with Crippen LogP contribution in [0.3, 0.4) is 0 Å². The molecule has 0 N–H and O–H groups in total. The van der Waals surface area contributed by atoms with Crippen molar-refractivity contribution in [3.05, 3.63) is 34.5 Å². The van der Waals surface area contributed by atoms with Crippen LogP contribution >= 0.6 is 0 Å². The highest BCUT2D eigenvalue weighted by molar-refractivity contribution is 6.00. The van der Waals surface area contributed by atoms with E-state index in [-0.39, 0.29) is 24.5 Å². The Hall–Kier alpha value is -2.31. The van der Waals surface area contributed by atoms with Gasteiger partial charge in [0.05, 0.1) is 13.2 Å². The summed E-state index contributed by atoms with van der Waals surface area (Å²) in [5, 5.41) is 2.57. The molecule has 0 aromatic heterocycles. The lowest BCUT2D eigenvalue weighted by Crippen LogP contribution is -2.27. The van der Waals surface area contributed by atoms with E-state index in [0.717, 1.165) is 12.1 Å². The first-order valence-electron chi connectivity index (χ1n) is 6.01. The van der Waals surface area contributed by atoms with E-state index in [4.69, 9.17) is 9.47 Å². The van der Waals surface area contributed by atoms with Crippen molar-refractivity contribution < 1.29 is 23.5 Å². The summed E-state index contributed by atoms with van der Waals surface area (Å²) in [6.45, 7) is 3.22. The van der Waals surface area contributed by atoms with Crippen molar-refractivity contribution in [2.45, 2.75) is 19.8 Å². The van der Waals surface area contributed by atoms with Gasteiger partial charge in [-0.25, -0.2) is 4.39 Å². The Bertz CT molecular complexity index is 499. The molecule has 6 nitrogen and oxygen atoms in total. The smallest absolute Gasteiger partial charge is 0.324 e. The largest absolute Gasteiger partial charge is 0.465 e. The topological polar surface area (TPSA) is 82.0 Å². The number of hydrogen-bond donors (Lipinski definition) is 0. The quantitative estimate of drug-likeness (QED) is 0.455. The maximum absolute atomic E-state index is 13.9. The number of nitrogens with zero attached hydrogens (tertiary/aromatic N) is 1. The maximum atomic E-state index is 13.9. The van der Waals surface area contributed by atoms with E-state index in [0.29, 0.717) is 0 Å². The molecule has 0 aliphatic carbocycles. The molecule has 0 saturated heterocycles. The molecule has 0 bridgehead atoms. The molecule has 0 heterocycles. The second kappa shape index (κ2) is 7.32. The zero-order valence-corrected chi connectivity index (χ0v) is 11.1. The fourth-order valence-corrected chi connectivity index (χ4v) is 1.61. The Balaban J connectivity index is 3.19. The number of hydrogen-bond acceptors (Lipinski definition) is 6. The highest BCUT2D eigenvalue weighted by Crippen LogP contribution is 2.26. The van der Waals surface area contributed by atoms with E-state index in [9.17, 15) is 18.9 Å². The fraction of sp³-hybridized carbons (Fsp3) is 0.385. The van der Waals surface area contributed by atoms with Crippen LogP contribution in [0.2, 0.25) is 0 Å². The van der Waals surface area contributed by atoms with Crippen molar-refractivity contribution in [3.8, 4) is 0 Å². The average molecular weight is 283 g/mol. The Labute approximate surface area is 114 Å². The molecule has 20 heavy (non-hydrogen) atoms. The van der Waals surface area contributed by atoms with Crippen LogP contribution in [-0.4, -0.2) is 25.2 Å². The van der Waals surface area contributed by atoms with Crippen LogP contribution in [0, 0.1) is 10.7 Å². The highest BCUT2D eigenvalue weighted by atomic mass is 19.1. The van der Waals surface area contributed by atoms with Crippen LogP contribution in [0.5, 0.6) is 0 Å². The van der Waals surface area contributed by atoms with Gasteiger partial charge in [0, 0.05) is 11.6 Å². The first-order valence-corrected chi connectivity index (χ1v) is 6.01. The lowest BCUT2D eigenvalue weighted by molar-refractivity contribution is -0.157. The molecule has 0 amide bonds. The van der Waals surface area contributed by atoms with E-state index in [1.807, 2.05) is 0 Å². The number of carbonyl (C=O) groups is 2. The number of ether oxygens (including phenoxy) is 2. The van der Waals surface area contributed by atoms with Crippen molar-refractivity contribution in [2.75, 3.05) is 13.2 Å². The fourth-order valence-electron chi connectivity index (χ4n) is 1.61. The summed E-state index contributed by atoms with van der Waals surface area (Å²) in [6, 6.07) is 3.19. The van der Waals surface area contributed by atoms with Gasteiger partial charge in [0.15, 0.2) is 5.92 Å². The minimum absolute atomic E-state index is 0.0460. The molecule has 0 aliphatic rings. The molecule has 0 unspecified atom stereocenters. The number of carbonyl (C=O) groups excluding carboxylic acids is 2. The number of benzene rings is 1. The van der Waals surface area contributed by atoms with Gasteiger partial charge in [-0.05, 0) is 25.1 Å². The summed E-state index contributed by atoms with van der Waals surface area (Å²) in [6.07, 6.45) is 0. The Kier molecular flexibility index (Phi) is 5.76. The van der Waals surface area contributed by atoms with Crippen molar-refractivity contribution in [2.24, 2.45) is 5.18 Å². The monoisotopic (exact) mass is 283 g/mol. The van der Waals surface area contributed by atoms with Crippen LogP contribution in [0.4, 0.5) is 10.1 Å². The molecule has 0 spiro atoms. The van der Waals surface area contributed by atoms with Gasteiger partial charge in [-0.15, -0.1) is 4.91 Å². The lowest BCUT2D eigenvalue weighted by Gasteiger charge is -2.15. The van der Waals surface area contributed by atoms with Crippen LogP contribution in [-0.2, 0) is 19.1 Å². The average Bonchev–Trinajstić information content (AvgIpc) is 2.41. The molecule has 1 aromatic rings. The highest BCUT2D eigenvalue weighted by Gasteiger charge is 2.33. The maximum Gasteiger partial charge on any atom is 0.324 e. The van der Waals surface area contributed by atoms with Gasteiger partial charge in [0.25, 0.3) is 0 Å². The zero-order valence-electron chi connectivity index (χ0n) is 11.1. The van der Waals surface area contributed by atoms with Gasteiger partial charge < -0.3 is 9.47 Å². The number of nitroso groups, excluding NO2 is 1. The van der Waals surface area contributed by atoms with Crippen LogP contribution in [0.1, 0.15) is 25.3 Å². The third-order valence-electron chi connectivity index (χ3n) is 2.45. The molecule has 1 rings (SSSR count). The van der Waals surface area contributed by atoms with Crippen LogP contribution < -0.4 is 0 Å². The molecular weight excluding hydrogens is 269 g/mol. The molecule has 0 radical (unpaired) electrons. The molecule has 0 saturated carbocycles. The summed E-state index contributed by atoms with van der Waals surface area (Å²) < 4.78 is 23.4. The standard InChI is InChI=1S/C13H14FNO5/c1-3-19-12(16)11(13(17)20-4-2)9-6-5-8(15-18)7-10(9)14/h5-7,11H,3-4H2,1-2H3. The minimum atomic E-state index is -1.52. The van der Waals surface area contributed by atoms with Gasteiger partial charge in [-0.1, -0.05) is 6.07 Å². The number of rotatable bonds is 6. The van der Waals surface area contributed by atoms with E-state index in [2.05, 4.69) is 5.18 Å². The minimum Gasteiger partial charge on any atom is -0.465 e. The van der Waals surface area contributed by atoms with Crippen molar-refractivity contribution in [1.29, 1.82) is 0 Å². The summed E-state index contributed by atoms with van der Waals surface area (Å²) in [4.78, 5) is 33.9. The summed E-state index contributed by atoms with van der Waals surface area (Å²) in [5.74, 6) is -4.22. The van der Waals surface area contributed by atoms with E-state index < -0.39 is 23.7 Å². The summed E-state index contributed by atoms with van der Waals surface area (Å²) in [7, 11) is 0. The predicted molar refractivity (Wildman–Crippen MR) is 67.9 cm³/mol. The van der Waals surface area contributed by atoms with E-state index in [1.54, 1.807) is 13.8 Å². The van der Waals surface area contributed by atoms with Crippen molar-refractivity contribution in [3.63, 3.8) is 0 Å². The zero-order chi connectivity index (χ0) is 15.1. The first-order chi connectivity index (χ1) is 9.54. The second-order valence-corrected chi connectivity index (χ2v) is 3.73. The Morgan fingerprint density at radius 2 is 1.75 bits per heavy atom. The third-order valence-corrected chi connectivity index (χ3v) is 2.45. The van der Waals surface area contributed by atoms with Gasteiger partial charge >= 0.3 is 11.9 Å². The van der Waals surface area contributed by atoms with Crippen LogP contribution in [0.25, 0.3) is 0 Å². The first kappa shape index (κ1) is 15.7. The third kappa shape index (κ3) is 3.59. The molecule has 1 aromatic carbocycles.